The van der Waals surface area contributed by atoms with Gasteiger partial charge in [-0.25, -0.2) is 4.79 Å². The number of carboxylic acids is 1. The molecule has 1 atom stereocenters. The summed E-state index contributed by atoms with van der Waals surface area (Å²) < 4.78 is 0. The Bertz CT molecular complexity index is 344. The van der Waals surface area contributed by atoms with Gasteiger partial charge in [0.25, 0.3) is 0 Å². The van der Waals surface area contributed by atoms with Gasteiger partial charge in [0.1, 0.15) is 6.54 Å². The smallest absolute Gasteiger partial charge is 0.323 e. The molecule has 2 N–H and O–H groups in total. The average molecular weight is 269 g/mol. The van der Waals surface area contributed by atoms with Crippen LogP contribution in [0.25, 0.3) is 0 Å². The summed E-state index contributed by atoms with van der Waals surface area (Å²) in [5, 5.41) is 11.7. The first kappa shape index (κ1) is 14.1. The van der Waals surface area contributed by atoms with Gasteiger partial charge in [0, 0.05) is 18.6 Å². The van der Waals surface area contributed by atoms with Crippen molar-refractivity contribution in [2.45, 2.75) is 44.2 Å². The van der Waals surface area contributed by atoms with Crippen LogP contribution in [0.15, 0.2) is 0 Å². The van der Waals surface area contributed by atoms with Crippen LogP contribution in [-0.4, -0.2) is 65.7 Å². The van der Waals surface area contributed by atoms with Crippen LogP contribution in [0.2, 0.25) is 0 Å². The molecule has 108 valence electrons. The van der Waals surface area contributed by atoms with Gasteiger partial charge in [0.05, 0.1) is 0 Å². The highest BCUT2D eigenvalue weighted by atomic mass is 16.4. The van der Waals surface area contributed by atoms with Crippen LogP contribution >= 0.6 is 0 Å². The Morgan fingerprint density at radius 1 is 1.32 bits per heavy atom. The molecule has 2 aliphatic rings. The van der Waals surface area contributed by atoms with Crippen LogP contribution in [0.5, 0.6) is 0 Å². The molecule has 2 fully saturated rings. The minimum absolute atomic E-state index is 0.125. The van der Waals surface area contributed by atoms with Gasteiger partial charge in [-0.3, -0.25) is 4.79 Å². The number of hydrogen-bond acceptors (Lipinski definition) is 3. The SMILES string of the molecule is CN1CCCCC1CNC(=O)N(CC(=O)O)C1CC1. The first-order chi connectivity index (χ1) is 9.08. The molecule has 0 spiro atoms. The highest BCUT2D eigenvalue weighted by Crippen LogP contribution is 2.26. The lowest BCUT2D eigenvalue weighted by Gasteiger charge is -2.33. The Balaban J connectivity index is 1.79. The van der Waals surface area contributed by atoms with E-state index < -0.39 is 5.97 Å². The molecule has 2 amide bonds. The zero-order valence-corrected chi connectivity index (χ0v) is 11.5. The molecular weight excluding hydrogens is 246 g/mol. The van der Waals surface area contributed by atoms with Crippen molar-refractivity contribution < 1.29 is 14.7 Å². The van der Waals surface area contributed by atoms with Crippen molar-refractivity contribution in [1.29, 1.82) is 0 Å². The first-order valence-electron chi connectivity index (χ1n) is 7.04. The molecule has 0 aromatic heterocycles. The van der Waals surface area contributed by atoms with Crippen molar-refractivity contribution in [2.75, 3.05) is 26.7 Å². The number of nitrogens with one attached hydrogen (secondary N) is 1. The predicted molar refractivity (Wildman–Crippen MR) is 71.0 cm³/mol. The Morgan fingerprint density at radius 3 is 2.63 bits per heavy atom. The first-order valence-corrected chi connectivity index (χ1v) is 7.04. The standard InChI is InChI=1S/C13H23N3O3/c1-15-7-3-2-4-11(15)8-14-13(19)16(9-12(17)18)10-5-6-10/h10-11H,2-9H2,1H3,(H,14,19)(H,17,18). The average Bonchev–Trinajstić information content (AvgIpc) is 3.18. The maximum Gasteiger partial charge on any atom is 0.323 e. The molecule has 1 saturated heterocycles. The second-order valence-corrected chi connectivity index (χ2v) is 5.57. The van der Waals surface area contributed by atoms with E-state index in [0.29, 0.717) is 12.6 Å². The Kier molecular flexibility index (Phi) is 4.63. The van der Waals surface area contributed by atoms with Crippen molar-refractivity contribution >= 4 is 12.0 Å². The summed E-state index contributed by atoms with van der Waals surface area (Å²) in [6.07, 6.45) is 5.35. The second-order valence-electron chi connectivity index (χ2n) is 5.57. The zero-order chi connectivity index (χ0) is 13.8. The fourth-order valence-corrected chi connectivity index (χ4v) is 2.61. The maximum absolute atomic E-state index is 12.0. The van der Waals surface area contributed by atoms with Crippen LogP contribution in [0.3, 0.4) is 0 Å². The summed E-state index contributed by atoms with van der Waals surface area (Å²) >= 11 is 0. The normalized spacial score (nSPS) is 23.9. The number of aliphatic carboxylic acids is 1. The number of carbonyl (C=O) groups excluding carboxylic acids is 1. The maximum atomic E-state index is 12.0. The third kappa shape index (κ3) is 4.09. The third-order valence-electron chi connectivity index (χ3n) is 3.96. The summed E-state index contributed by atoms with van der Waals surface area (Å²) in [5.74, 6) is -0.947. The second kappa shape index (κ2) is 6.23. The van der Waals surface area contributed by atoms with Crippen LogP contribution in [0, 0.1) is 0 Å². The summed E-state index contributed by atoms with van der Waals surface area (Å²) in [6.45, 7) is 1.48. The lowest BCUT2D eigenvalue weighted by Crippen LogP contribution is -2.49. The van der Waals surface area contributed by atoms with Crippen LogP contribution < -0.4 is 5.32 Å². The summed E-state index contributed by atoms with van der Waals surface area (Å²) in [6, 6.07) is 0.271. The highest BCUT2D eigenvalue weighted by molar-refractivity contribution is 5.80. The number of hydrogen-bond donors (Lipinski definition) is 2. The van der Waals surface area contributed by atoms with E-state index in [1.54, 1.807) is 0 Å². The van der Waals surface area contributed by atoms with Gasteiger partial charge in [-0.2, -0.15) is 0 Å². The van der Waals surface area contributed by atoms with Gasteiger partial charge in [0.15, 0.2) is 0 Å². The van der Waals surface area contributed by atoms with E-state index in [4.69, 9.17) is 5.11 Å². The number of rotatable bonds is 5. The van der Waals surface area contributed by atoms with E-state index in [1.807, 2.05) is 0 Å². The van der Waals surface area contributed by atoms with Gasteiger partial charge >= 0.3 is 12.0 Å². The molecule has 0 aromatic rings. The third-order valence-corrected chi connectivity index (χ3v) is 3.96. The number of amides is 2. The largest absolute Gasteiger partial charge is 0.480 e. The molecule has 0 aromatic carbocycles. The molecule has 1 saturated carbocycles. The molecule has 2 rings (SSSR count). The van der Waals surface area contributed by atoms with E-state index in [2.05, 4.69) is 17.3 Å². The summed E-state index contributed by atoms with van der Waals surface area (Å²) in [7, 11) is 2.08. The number of nitrogens with zero attached hydrogens (tertiary/aromatic N) is 2. The van der Waals surface area contributed by atoms with E-state index in [0.717, 1.165) is 25.8 Å². The number of likely N-dealkylation sites (tertiary alicyclic amines) is 1. The number of likely N-dealkylation sites (N-methyl/N-ethyl adjacent to an activating group) is 1. The van der Waals surface area contributed by atoms with Crippen molar-refractivity contribution in [2.24, 2.45) is 0 Å². The van der Waals surface area contributed by atoms with Gasteiger partial charge in [0.2, 0.25) is 0 Å². The fraction of sp³-hybridized carbons (Fsp3) is 0.846. The van der Waals surface area contributed by atoms with Crippen LogP contribution in [-0.2, 0) is 4.79 Å². The highest BCUT2D eigenvalue weighted by Gasteiger charge is 2.34. The van der Waals surface area contributed by atoms with Gasteiger partial charge < -0.3 is 20.2 Å². The monoisotopic (exact) mass is 269 g/mol. The number of carboxylic acid groups (broad SMARTS) is 1. The van der Waals surface area contributed by atoms with Crippen LogP contribution in [0.4, 0.5) is 4.79 Å². The molecule has 1 heterocycles. The Labute approximate surface area is 113 Å². The van der Waals surface area contributed by atoms with Crippen molar-refractivity contribution in [3.8, 4) is 0 Å². The van der Waals surface area contributed by atoms with E-state index in [9.17, 15) is 9.59 Å². The van der Waals surface area contributed by atoms with E-state index in [1.165, 1.54) is 17.7 Å². The van der Waals surface area contributed by atoms with Gasteiger partial charge in [-0.05, 0) is 39.3 Å². The predicted octanol–water partition coefficient (Wildman–Crippen LogP) is 0.729. The topological polar surface area (TPSA) is 72.9 Å². The lowest BCUT2D eigenvalue weighted by atomic mass is 10.0. The number of carbonyl (C=O) groups is 2. The molecule has 1 unspecified atom stereocenters. The molecule has 0 bridgehead atoms. The minimum atomic E-state index is -0.947. The molecule has 1 aliphatic heterocycles. The van der Waals surface area contributed by atoms with Crippen molar-refractivity contribution in [3.05, 3.63) is 0 Å². The minimum Gasteiger partial charge on any atom is -0.480 e. The molecule has 19 heavy (non-hydrogen) atoms. The van der Waals surface area contributed by atoms with Crippen molar-refractivity contribution in [3.63, 3.8) is 0 Å². The molecular formula is C13H23N3O3. The quantitative estimate of drug-likeness (QED) is 0.771. The van der Waals surface area contributed by atoms with Crippen molar-refractivity contribution in [1.82, 2.24) is 15.1 Å². The Morgan fingerprint density at radius 2 is 2.05 bits per heavy atom. The molecule has 0 radical (unpaired) electrons. The number of piperidine rings is 1. The van der Waals surface area contributed by atoms with Gasteiger partial charge in [-0.1, -0.05) is 6.42 Å². The lowest BCUT2D eigenvalue weighted by molar-refractivity contribution is -0.137. The molecule has 6 heteroatoms. The van der Waals surface area contributed by atoms with Gasteiger partial charge in [-0.15, -0.1) is 0 Å². The summed E-state index contributed by atoms with van der Waals surface area (Å²) in [4.78, 5) is 26.5. The summed E-state index contributed by atoms with van der Waals surface area (Å²) in [5.41, 5.74) is 0. The van der Waals surface area contributed by atoms with E-state index in [-0.39, 0.29) is 18.6 Å². The van der Waals surface area contributed by atoms with Crippen LogP contribution in [0.1, 0.15) is 32.1 Å². The zero-order valence-electron chi connectivity index (χ0n) is 11.5. The van der Waals surface area contributed by atoms with E-state index >= 15 is 0 Å². The molecule has 1 aliphatic carbocycles. The molecule has 6 nitrogen and oxygen atoms in total. The Hall–Kier alpha value is -1.30. The fourth-order valence-electron chi connectivity index (χ4n) is 2.61. The number of urea groups is 1.